The fourth-order valence-electron chi connectivity index (χ4n) is 3.23. The van der Waals surface area contributed by atoms with E-state index in [4.69, 9.17) is 5.73 Å². The molecule has 3 aromatic heterocycles. The highest BCUT2D eigenvalue weighted by atomic mass is 79.9. The third-order valence-corrected chi connectivity index (χ3v) is 5.46. The Labute approximate surface area is 225 Å². The molecule has 0 amide bonds. The van der Waals surface area contributed by atoms with Crippen LogP contribution in [-0.2, 0) is 0 Å². The van der Waals surface area contributed by atoms with E-state index in [1.165, 1.54) is 24.3 Å². The lowest BCUT2D eigenvalue weighted by Crippen LogP contribution is -2.04. The fraction of sp³-hybridized carbons (Fsp3) is 0.0385. The lowest BCUT2D eigenvalue weighted by atomic mass is 10.1. The molecule has 2 aromatic carbocycles. The van der Waals surface area contributed by atoms with Crippen molar-refractivity contribution in [1.82, 2.24) is 14.4 Å². The summed E-state index contributed by atoms with van der Waals surface area (Å²) in [6.45, 7) is 0. The molecule has 5 aromatic rings. The number of alkyl halides is 1. The number of benzene rings is 2. The Kier molecular flexibility index (Phi) is 9.72. The van der Waals surface area contributed by atoms with Crippen molar-refractivity contribution < 1.29 is 14.6 Å². The lowest BCUT2D eigenvalue weighted by Gasteiger charge is -1.97. The second-order valence-corrected chi connectivity index (χ2v) is 8.01. The largest absolute Gasteiger partial charge is 0.384 e. The van der Waals surface area contributed by atoms with Crippen LogP contribution in [0.1, 0.15) is 10.4 Å². The van der Waals surface area contributed by atoms with Crippen LogP contribution in [0.3, 0.4) is 0 Å². The van der Waals surface area contributed by atoms with Gasteiger partial charge in [0.25, 0.3) is 11.4 Å². The van der Waals surface area contributed by atoms with E-state index < -0.39 is 4.92 Å². The number of pyridine rings is 2. The Morgan fingerprint density at radius 3 is 2.08 bits per heavy atom. The Morgan fingerprint density at radius 2 is 1.50 bits per heavy atom. The van der Waals surface area contributed by atoms with Gasteiger partial charge in [-0.2, -0.15) is 0 Å². The van der Waals surface area contributed by atoms with E-state index in [2.05, 4.69) is 25.9 Å². The third-order valence-electron chi connectivity index (χ3n) is 4.95. The molecule has 0 saturated carbocycles. The molecule has 0 bridgehead atoms. The quantitative estimate of drug-likeness (QED) is 0.120. The van der Waals surface area contributed by atoms with Gasteiger partial charge < -0.3 is 10.1 Å². The first kappa shape index (κ1) is 27.6. The fourth-order valence-corrected chi connectivity index (χ4v) is 3.53. The van der Waals surface area contributed by atoms with Gasteiger partial charge in [-0.1, -0.05) is 52.3 Å². The second kappa shape index (κ2) is 13.4. The number of nitro benzene ring substituents is 2. The molecule has 3 heterocycles. The molecule has 2 N–H and O–H groups in total. The number of hydrogen-bond acceptors (Lipinski definition) is 8. The number of imidazole rings is 1. The van der Waals surface area contributed by atoms with Crippen molar-refractivity contribution in [3.8, 4) is 11.3 Å². The van der Waals surface area contributed by atoms with Crippen LogP contribution in [0.25, 0.3) is 16.9 Å². The summed E-state index contributed by atoms with van der Waals surface area (Å²) in [5.74, 6) is 0.287. The Bertz CT molecular complexity index is 1530. The molecule has 38 heavy (non-hydrogen) atoms. The summed E-state index contributed by atoms with van der Waals surface area (Å²) < 4.78 is 1.84. The van der Waals surface area contributed by atoms with Gasteiger partial charge in [-0.15, -0.1) is 0 Å². The van der Waals surface area contributed by atoms with Crippen molar-refractivity contribution in [3.63, 3.8) is 0 Å². The zero-order valence-electron chi connectivity index (χ0n) is 19.8. The van der Waals surface area contributed by atoms with Gasteiger partial charge in [0.15, 0.2) is 5.78 Å². The van der Waals surface area contributed by atoms with E-state index in [9.17, 15) is 25.0 Å². The van der Waals surface area contributed by atoms with Crippen molar-refractivity contribution in [1.29, 1.82) is 0 Å². The van der Waals surface area contributed by atoms with Crippen LogP contribution in [0.2, 0.25) is 0 Å². The highest BCUT2D eigenvalue weighted by Crippen LogP contribution is 2.28. The normalized spacial score (nSPS) is 9.92. The maximum absolute atomic E-state index is 11.2. The zero-order valence-corrected chi connectivity index (χ0v) is 21.3. The number of nitrogens with zero attached hydrogens (tertiary/aromatic N) is 5. The molecule has 0 aliphatic heterocycles. The predicted octanol–water partition coefficient (Wildman–Crippen LogP) is 5.75. The van der Waals surface area contributed by atoms with Crippen molar-refractivity contribution in [3.05, 3.63) is 129 Å². The molecule has 0 fully saturated rings. The number of fused-ring (bicyclic) bond motifs is 1. The standard InChI is InChI=1S/C13H9N3O2.C8H6BrNO3.C5H6N2/c17-16(18)12-6-2-1-5-10(12)11-9-15-8-4-3-7-13(15)14-11;9-5-8(11)6-3-1-2-4-7(6)10(12)13;6-5-3-1-2-4-7-5/h1-9H;1-4H,5H2;1-4H,(H2,6,7). The van der Waals surface area contributed by atoms with Gasteiger partial charge in [-0.05, 0) is 36.4 Å². The monoisotopic (exact) mass is 576 g/mol. The van der Waals surface area contributed by atoms with E-state index in [1.54, 1.807) is 42.7 Å². The minimum Gasteiger partial charge on any atom is -0.384 e. The number of nitrogen functional groups attached to an aromatic ring is 1. The van der Waals surface area contributed by atoms with Gasteiger partial charge in [-0.25, -0.2) is 9.97 Å². The number of hydrogen-bond donors (Lipinski definition) is 1. The molecule has 0 aliphatic carbocycles. The van der Waals surface area contributed by atoms with Crippen molar-refractivity contribution >= 4 is 44.6 Å². The maximum Gasteiger partial charge on any atom is 0.280 e. The van der Waals surface area contributed by atoms with Crippen LogP contribution in [0.4, 0.5) is 17.2 Å². The summed E-state index contributed by atoms with van der Waals surface area (Å²) in [4.78, 5) is 39.8. The molecule has 0 aliphatic rings. The first-order valence-corrected chi connectivity index (χ1v) is 12.1. The van der Waals surface area contributed by atoms with Crippen LogP contribution in [0.5, 0.6) is 0 Å². The highest BCUT2D eigenvalue weighted by Gasteiger charge is 2.18. The van der Waals surface area contributed by atoms with E-state index in [0.717, 1.165) is 5.65 Å². The number of ketones is 1. The van der Waals surface area contributed by atoms with Crippen LogP contribution in [0.15, 0.2) is 104 Å². The van der Waals surface area contributed by atoms with Crippen molar-refractivity contribution in [2.75, 3.05) is 11.1 Å². The Morgan fingerprint density at radius 1 is 0.868 bits per heavy atom. The predicted molar refractivity (Wildman–Crippen MR) is 147 cm³/mol. The van der Waals surface area contributed by atoms with Gasteiger partial charge >= 0.3 is 0 Å². The third kappa shape index (κ3) is 7.27. The molecule has 11 nitrogen and oxygen atoms in total. The van der Waals surface area contributed by atoms with Gasteiger partial charge in [0.05, 0.1) is 32.0 Å². The van der Waals surface area contributed by atoms with Crippen LogP contribution in [0, 0.1) is 20.2 Å². The van der Waals surface area contributed by atoms with E-state index in [-0.39, 0.29) is 33.0 Å². The summed E-state index contributed by atoms with van der Waals surface area (Å²) in [7, 11) is 0. The molecular weight excluding hydrogens is 556 g/mol. The number of halogens is 1. The van der Waals surface area contributed by atoms with Crippen LogP contribution >= 0.6 is 15.9 Å². The molecular formula is C26H21BrN6O5. The number of para-hydroxylation sites is 2. The van der Waals surface area contributed by atoms with E-state index in [0.29, 0.717) is 17.1 Å². The molecule has 192 valence electrons. The van der Waals surface area contributed by atoms with Crippen molar-refractivity contribution in [2.45, 2.75) is 0 Å². The molecule has 5 rings (SSSR count). The average molecular weight is 577 g/mol. The molecule has 0 unspecified atom stereocenters. The first-order valence-electron chi connectivity index (χ1n) is 11.0. The maximum atomic E-state index is 11.2. The number of aromatic nitrogens is 3. The van der Waals surface area contributed by atoms with Gasteiger partial charge in [-0.3, -0.25) is 25.0 Å². The number of nitrogens with two attached hydrogens (primary N) is 1. The van der Waals surface area contributed by atoms with Gasteiger partial charge in [0.2, 0.25) is 0 Å². The van der Waals surface area contributed by atoms with Crippen LogP contribution < -0.4 is 5.73 Å². The van der Waals surface area contributed by atoms with Gasteiger partial charge in [0, 0.05) is 30.7 Å². The molecule has 0 spiro atoms. The Hall–Kier alpha value is -4.97. The minimum absolute atomic E-state index is 0.0703. The lowest BCUT2D eigenvalue weighted by molar-refractivity contribution is -0.385. The molecule has 0 saturated heterocycles. The number of anilines is 1. The molecule has 0 radical (unpaired) electrons. The van der Waals surface area contributed by atoms with Crippen molar-refractivity contribution in [2.24, 2.45) is 0 Å². The molecule has 12 heteroatoms. The highest BCUT2D eigenvalue weighted by molar-refractivity contribution is 9.09. The number of carbonyl (C=O) groups is 1. The summed E-state index contributed by atoms with van der Waals surface area (Å²) in [6, 6.07) is 23.6. The van der Waals surface area contributed by atoms with Crippen LogP contribution in [-0.4, -0.2) is 35.3 Å². The average Bonchev–Trinajstić information content (AvgIpc) is 3.38. The Balaban J connectivity index is 0.000000175. The van der Waals surface area contributed by atoms with Gasteiger partial charge in [0.1, 0.15) is 11.5 Å². The topological polar surface area (TPSA) is 160 Å². The molecule has 0 atom stereocenters. The SMILES string of the molecule is Nc1ccccn1.O=C(CBr)c1ccccc1[N+](=O)[O-].O=[N+]([O-])c1ccccc1-c1cn2ccccc2n1. The zero-order chi connectivity index (χ0) is 27.5. The number of Topliss-reactive ketones (excluding diaryl/α,β-unsaturated/α-hetero) is 1. The van der Waals surface area contributed by atoms with E-state index >= 15 is 0 Å². The number of rotatable bonds is 5. The second-order valence-electron chi connectivity index (χ2n) is 7.45. The first-order chi connectivity index (χ1) is 18.3. The smallest absolute Gasteiger partial charge is 0.280 e. The summed E-state index contributed by atoms with van der Waals surface area (Å²) >= 11 is 2.96. The summed E-state index contributed by atoms with van der Waals surface area (Å²) in [6.07, 6.45) is 5.31. The summed E-state index contributed by atoms with van der Waals surface area (Å²) in [5.41, 5.74) is 7.22. The summed E-state index contributed by atoms with van der Waals surface area (Å²) in [5, 5.41) is 21.6. The van der Waals surface area contributed by atoms with E-state index in [1.807, 2.05) is 40.9 Å². The number of carbonyl (C=O) groups excluding carboxylic acids is 1. The number of nitro groups is 2. The minimum atomic E-state index is -0.560.